The van der Waals surface area contributed by atoms with Crippen molar-refractivity contribution in [2.75, 3.05) is 37.6 Å². The molecular weight excluding hydrogens is 362 g/mol. The van der Waals surface area contributed by atoms with E-state index in [1.54, 1.807) is 24.3 Å². The number of nitrogens with zero attached hydrogens (tertiary/aromatic N) is 2. The summed E-state index contributed by atoms with van der Waals surface area (Å²) < 4.78 is 0. The zero-order valence-electron chi connectivity index (χ0n) is 17.7. The Morgan fingerprint density at radius 2 is 1.66 bits per heavy atom. The maximum absolute atomic E-state index is 13.0. The van der Waals surface area contributed by atoms with Crippen LogP contribution in [0.1, 0.15) is 51.6 Å². The summed E-state index contributed by atoms with van der Waals surface area (Å²) in [7, 11) is 0. The molecule has 1 fully saturated rings. The molecule has 0 unspecified atom stereocenters. The number of rotatable bonds is 6. The highest BCUT2D eigenvalue weighted by atomic mass is 16.2. The largest absolute Gasteiger partial charge is 0.368 e. The van der Waals surface area contributed by atoms with Gasteiger partial charge in [0.2, 0.25) is 0 Å². The molecule has 0 atom stereocenters. The molecule has 5 nitrogen and oxygen atoms in total. The Hall–Kier alpha value is -2.82. The molecule has 0 spiro atoms. The Balaban J connectivity index is 1.63. The van der Waals surface area contributed by atoms with E-state index in [9.17, 15) is 9.59 Å². The van der Waals surface area contributed by atoms with Gasteiger partial charge in [-0.25, -0.2) is 0 Å². The van der Waals surface area contributed by atoms with Crippen LogP contribution in [0.15, 0.2) is 42.5 Å². The molecule has 0 aliphatic carbocycles. The predicted octanol–water partition coefficient (Wildman–Crippen LogP) is 3.80. The van der Waals surface area contributed by atoms with Gasteiger partial charge in [0.25, 0.3) is 11.8 Å². The number of anilines is 1. The van der Waals surface area contributed by atoms with Crippen molar-refractivity contribution in [1.82, 2.24) is 10.2 Å². The van der Waals surface area contributed by atoms with Gasteiger partial charge in [-0.2, -0.15) is 0 Å². The van der Waals surface area contributed by atoms with E-state index in [4.69, 9.17) is 0 Å². The zero-order valence-corrected chi connectivity index (χ0v) is 17.7. The van der Waals surface area contributed by atoms with E-state index in [1.165, 1.54) is 16.8 Å². The van der Waals surface area contributed by atoms with Crippen LogP contribution in [0.2, 0.25) is 0 Å². The third-order valence-electron chi connectivity index (χ3n) is 5.67. The smallest absolute Gasteiger partial charge is 0.253 e. The topological polar surface area (TPSA) is 52.7 Å². The number of carbonyl (C=O) groups is 2. The van der Waals surface area contributed by atoms with Crippen LogP contribution in [0.4, 0.5) is 5.69 Å². The fourth-order valence-electron chi connectivity index (χ4n) is 3.69. The molecule has 5 heteroatoms. The summed E-state index contributed by atoms with van der Waals surface area (Å²) in [4.78, 5) is 29.5. The number of benzene rings is 2. The Bertz CT molecular complexity index is 870. The first-order chi connectivity index (χ1) is 14.0. The summed E-state index contributed by atoms with van der Waals surface area (Å²) in [5.41, 5.74) is 4.96. The maximum Gasteiger partial charge on any atom is 0.253 e. The molecular formula is C24H31N3O2. The number of aryl methyl sites for hydroxylation is 1. The Labute approximate surface area is 173 Å². The van der Waals surface area contributed by atoms with E-state index in [-0.39, 0.29) is 11.8 Å². The number of unbranched alkanes of at least 4 members (excludes halogenated alkanes) is 1. The molecule has 0 bridgehead atoms. The monoisotopic (exact) mass is 393 g/mol. The van der Waals surface area contributed by atoms with Gasteiger partial charge >= 0.3 is 0 Å². The second kappa shape index (κ2) is 9.59. The third-order valence-corrected chi connectivity index (χ3v) is 5.67. The first-order valence-electron chi connectivity index (χ1n) is 10.5. The molecule has 0 aromatic heterocycles. The van der Waals surface area contributed by atoms with Gasteiger partial charge in [0, 0.05) is 49.5 Å². The normalized spacial score (nSPS) is 14.0. The highest BCUT2D eigenvalue weighted by Gasteiger charge is 2.23. The van der Waals surface area contributed by atoms with Crippen molar-refractivity contribution in [2.24, 2.45) is 0 Å². The van der Waals surface area contributed by atoms with E-state index in [1.807, 2.05) is 4.90 Å². The van der Waals surface area contributed by atoms with Gasteiger partial charge in [-0.1, -0.05) is 31.5 Å². The Kier molecular flexibility index (Phi) is 6.91. The van der Waals surface area contributed by atoms with Crippen molar-refractivity contribution >= 4 is 17.5 Å². The van der Waals surface area contributed by atoms with Gasteiger partial charge in [0.05, 0.1) is 0 Å². The first kappa shape index (κ1) is 20.9. The lowest BCUT2D eigenvalue weighted by molar-refractivity contribution is 0.0746. The average molecular weight is 394 g/mol. The van der Waals surface area contributed by atoms with Crippen molar-refractivity contribution in [3.63, 3.8) is 0 Å². The second-order valence-electron chi connectivity index (χ2n) is 7.69. The van der Waals surface area contributed by atoms with Crippen LogP contribution in [0, 0.1) is 13.8 Å². The number of hydrogen-bond acceptors (Lipinski definition) is 3. The molecule has 1 aliphatic heterocycles. The van der Waals surface area contributed by atoms with E-state index < -0.39 is 0 Å². The molecule has 2 amide bonds. The first-order valence-corrected chi connectivity index (χ1v) is 10.5. The summed E-state index contributed by atoms with van der Waals surface area (Å²) in [6.45, 7) is 10.0. The number of hydrogen-bond donors (Lipinski definition) is 1. The van der Waals surface area contributed by atoms with Crippen molar-refractivity contribution in [2.45, 2.75) is 33.6 Å². The summed E-state index contributed by atoms with van der Waals surface area (Å²) in [5.74, 6) is -0.123. The highest BCUT2D eigenvalue weighted by molar-refractivity contribution is 5.99. The molecule has 3 rings (SSSR count). The van der Waals surface area contributed by atoms with Crippen LogP contribution in [-0.4, -0.2) is 49.4 Å². The Morgan fingerprint density at radius 1 is 0.966 bits per heavy atom. The van der Waals surface area contributed by atoms with Crippen LogP contribution in [-0.2, 0) is 0 Å². The fourth-order valence-corrected chi connectivity index (χ4v) is 3.69. The van der Waals surface area contributed by atoms with Crippen molar-refractivity contribution in [3.8, 4) is 0 Å². The number of carbonyl (C=O) groups excluding carboxylic acids is 2. The minimum absolute atomic E-state index is 0.00572. The maximum atomic E-state index is 13.0. The van der Waals surface area contributed by atoms with E-state index in [0.717, 1.165) is 25.9 Å². The molecule has 0 radical (unpaired) electrons. The molecule has 1 aliphatic rings. The van der Waals surface area contributed by atoms with E-state index in [0.29, 0.717) is 30.8 Å². The summed E-state index contributed by atoms with van der Waals surface area (Å²) >= 11 is 0. The number of piperazine rings is 1. The summed E-state index contributed by atoms with van der Waals surface area (Å²) in [6, 6.07) is 13.4. The minimum Gasteiger partial charge on any atom is -0.368 e. The van der Waals surface area contributed by atoms with Crippen LogP contribution < -0.4 is 10.2 Å². The standard InChI is InChI=1S/C24H31N3O2/c1-4-5-12-25-23(28)20-9-7-10-21(17-20)24(29)27-15-13-26(14-16-27)22-11-6-8-18(2)19(22)3/h6-11,17H,4-5,12-16H2,1-3H3,(H,25,28). The summed E-state index contributed by atoms with van der Waals surface area (Å²) in [5, 5.41) is 2.91. The number of nitrogens with one attached hydrogen (secondary N) is 1. The van der Waals surface area contributed by atoms with Gasteiger partial charge in [0.15, 0.2) is 0 Å². The molecule has 1 heterocycles. The molecule has 29 heavy (non-hydrogen) atoms. The lowest BCUT2D eigenvalue weighted by atomic mass is 10.1. The van der Waals surface area contributed by atoms with Gasteiger partial charge in [-0.15, -0.1) is 0 Å². The fraction of sp³-hybridized carbons (Fsp3) is 0.417. The lowest BCUT2D eigenvalue weighted by Crippen LogP contribution is -2.49. The molecule has 154 valence electrons. The lowest BCUT2D eigenvalue weighted by Gasteiger charge is -2.37. The van der Waals surface area contributed by atoms with Crippen LogP contribution in [0.5, 0.6) is 0 Å². The molecule has 2 aromatic carbocycles. The van der Waals surface area contributed by atoms with E-state index in [2.05, 4.69) is 49.2 Å². The van der Waals surface area contributed by atoms with Crippen LogP contribution in [0.25, 0.3) is 0 Å². The third kappa shape index (κ3) is 4.97. The van der Waals surface area contributed by atoms with Crippen molar-refractivity contribution in [1.29, 1.82) is 0 Å². The SMILES string of the molecule is CCCCNC(=O)c1cccc(C(=O)N2CCN(c3cccc(C)c3C)CC2)c1. The van der Waals surface area contributed by atoms with Gasteiger partial charge in [-0.3, -0.25) is 9.59 Å². The summed E-state index contributed by atoms with van der Waals surface area (Å²) in [6.07, 6.45) is 1.99. The van der Waals surface area contributed by atoms with Gasteiger partial charge < -0.3 is 15.1 Å². The van der Waals surface area contributed by atoms with Crippen LogP contribution in [0.3, 0.4) is 0 Å². The molecule has 0 saturated carbocycles. The van der Waals surface area contributed by atoms with Crippen molar-refractivity contribution < 1.29 is 9.59 Å². The highest BCUT2D eigenvalue weighted by Crippen LogP contribution is 2.24. The van der Waals surface area contributed by atoms with Crippen molar-refractivity contribution in [3.05, 3.63) is 64.7 Å². The van der Waals surface area contributed by atoms with Crippen LogP contribution >= 0.6 is 0 Å². The van der Waals surface area contributed by atoms with Gasteiger partial charge in [0.1, 0.15) is 0 Å². The second-order valence-corrected chi connectivity index (χ2v) is 7.69. The van der Waals surface area contributed by atoms with E-state index >= 15 is 0 Å². The Morgan fingerprint density at radius 3 is 2.38 bits per heavy atom. The average Bonchev–Trinajstić information content (AvgIpc) is 2.75. The molecule has 2 aromatic rings. The number of amides is 2. The minimum atomic E-state index is -0.118. The zero-order chi connectivity index (χ0) is 20.8. The van der Waals surface area contributed by atoms with Gasteiger partial charge in [-0.05, 0) is 55.7 Å². The predicted molar refractivity (Wildman–Crippen MR) is 118 cm³/mol. The quantitative estimate of drug-likeness (QED) is 0.760. The molecule has 1 N–H and O–H groups in total. The molecule has 1 saturated heterocycles.